The number of halogens is 3. The van der Waals surface area contributed by atoms with Gasteiger partial charge >= 0.3 is 6.18 Å². The summed E-state index contributed by atoms with van der Waals surface area (Å²) in [5.41, 5.74) is 1.39. The predicted molar refractivity (Wildman–Crippen MR) is 142 cm³/mol. The number of fused-ring (bicyclic) bond motifs is 2. The Morgan fingerprint density at radius 1 is 1.03 bits per heavy atom. The van der Waals surface area contributed by atoms with Gasteiger partial charge in [0.15, 0.2) is 5.58 Å². The van der Waals surface area contributed by atoms with Crippen molar-refractivity contribution in [2.24, 2.45) is 0 Å². The van der Waals surface area contributed by atoms with E-state index in [1.807, 2.05) is 31.3 Å². The van der Waals surface area contributed by atoms with Gasteiger partial charge in [-0.3, -0.25) is 4.98 Å². The van der Waals surface area contributed by atoms with Gasteiger partial charge in [-0.2, -0.15) is 18.2 Å². The van der Waals surface area contributed by atoms with Gasteiger partial charge in [-0.05, 0) is 68.9 Å². The Balaban J connectivity index is 1.22. The highest BCUT2D eigenvalue weighted by Crippen LogP contribution is 2.39. The first kappa shape index (κ1) is 25.0. The predicted octanol–water partition coefficient (Wildman–Crippen LogP) is 7.40. The number of benzene rings is 3. The Morgan fingerprint density at radius 2 is 1.90 bits per heavy atom. The molecule has 5 aromatic rings. The highest BCUT2D eigenvalue weighted by Gasteiger charge is 2.35. The fourth-order valence-corrected chi connectivity index (χ4v) is 4.76. The van der Waals surface area contributed by atoms with Crippen molar-refractivity contribution in [3.05, 3.63) is 78.5 Å². The molecule has 1 fully saturated rings. The molecule has 0 saturated carbocycles. The molecule has 1 aliphatic heterocycles. The van der Waals surface area contributed by atoms with Crippen LogP contribution < -0.4 is 14.8 Å². The van der Waals surface area contributed by atoms with Crippen molar-refractivity contribution in [1.82, 2.24) is 14.9 Å². The third kappa shape index (κ3) is 5.33. The molecule has 0 amide bonds. The van der Waals surface area contributed by atoms with Crippen LogP contribution in [0.25, 0.3) is 22.0 Å². The second-order valence-electron chi connectivity index (χ2n) is 9.50. The van der Waals surface area contributed by atoms with Crippen LogP contribution in [0.15, 0.2) is 77.3 Å². The van der Waals surface area contributed by atoms with Crippen LogP contribution in [0.2, 0.25) is 0 Å². The minimum Gasteiger partial charge on any atom is -0.491 e. The number of pyridine rings is 1. The second-order valence-corrected chi connectivity index (χ2v) is 9.50. The number of anilines is 2. The van der Waals surface area contributed by atoms with Crippen LogP contribution in [0.4, 0.5) is 24.9 Å². The molecule has 1 atom stereocenters. The molecule has 39 heavy (non-hydrogen) atoms. The molecule has 200 valence electrons. The molecule has 3 aromatic carbocycles. The molecule has 0 aliphatic carbocycles. The highest BCUT2D eigenvalue weighted by molar-refractivity contribution is 5.85. The average molecular weight is 535 g/mol. The number of likely N-dealkylation sites (N-methyl/N-ethyl adjacent to an activating group) is 1. The van der Waals surface area contributed by atoms with E-state index in [0.29, 0.717) is 28.3 Å². The normalized spacial score (nSPS) is 16.2. The highest BCUT2D eigenvalue weighted by atomic mass is 19.4. The number of oxazole rings is 1. The van der Waals surface area contributed by atoms with Crippen molar-refractivity contribution < 1.29 is 27.1 Å². The van der Waals surface area contributed by atoms with Crippen molar-refractivity contribution in [2.45, 2.75) is 25.1 Å². The number of nitrogens with zero attached hydrogens (tertiary/aromatic N) is 3. The molecule has 7 nitrogen and oxygen atoms in total. The number of likely N-dealkylation sites (tertiary alicyclic amines) is 1. The molecule has 10 heteroatoms. The van der Waals surface area contributed by atoms with Crippen molar-refractivity contribution in [3.8, 4) is 17.2 Å². The van der Waals surface area contributed by atoms with Gasteiger partial charge in [0.1, 0.15) is 29.4 Å². The molecule has 0 spiro atoms. The largest absolute Gasteiger partial charge is 0.491 e. The Kier molecular flexibility index (Phi) is 6.48. The number of para-hydroxylation sites is 1. The standard InChI is InChI=1S/C29H25F3N4O3/c1-36-14-4-5-19(36)17-37-27-15-18(8-10-22(27)29(30,31)32)34-28-35-24-16-20(9-11-26(24)39-28)38-25-12-13-33-23-7-3-2-6-21(23)25/h2-3,6-13,15-16,19H,4-5,14,17H2,1H3,(H,34,35)/t19-/m1/s1. The maximum absolute atomic E-state index is 13.6. The second kappa shape index (κ2) is 10.1. The van der Waals surface area contributed by atoms with E-state index in [2.05, 4.69) is 20.2 Å². The summed E-state index contributed by atoms with van der Waals surface area (Å²) >= 11 is 0. The van der Waals surface area contributed by atoms with Crippen LogP contribution in [0.3, 0.4) is 0 Å². The average Bonchev–Trinajstić information content (AvgIpc) is 3.51. The first-order chi connectivity index (χ1) is 18.8. The summed E-state index contributed by atoms with van der Waals surface area (Å²) in [6, 6.07) is 18.6. The molecule has 1 N–H and O–H groups in total. The molecule has 2 aromatic heterocycles. The van der Waals surface area contributed by atoms with E-state index in [9.17, 15) is 13.2 Å². The van der Waals surface area contributed by atoms with E-state index < -0.39 is 11.7 Å². The lowest BCUT2D eigenvalue weighted by Crippen LogP contribution is -2.31. The van der Waals surface area contributed by atoms with Crippen molar-refractivity contribution in [2.75, 3.05) is 25.5 Å². The Morgan fingerprint density at radius 3 is 2.72 bits per heavy atom. The van der Waals surface area contributed by atoms with E-state index in [-0.39, 0.29) is 24.4 Å². The van der Waals surface area contributed by atoms with E-state index in [1.165, 1.54) is 12.1 Å². The number of ether oxygens (including phenoxy) is 2. The summed E-state index contributed by atoms with van der Waals surface area (Å²) in [4.78, 5) is 10.9. The minimum atomic E-state index is -4.54. The SMILES string of the molecule is CN1CCC[C@@H]1COc1cc(Nc2nc3cc(Oc4ccnc5ccccc45)ccc3o2)ccc1C(F)(F)F. The maximum atomic E-state index is 13.6. The molecule has 6 rings (SSSR count). The van der Waals surface area contributed by atoms with Gasteiger partial charge < -0.3 is 24.1 Å². The maximum Gasteiger partial charge on any atom is 0.419 e. The smallest absolute Gasteiger partial charge is 0.419 e. The molecule has 1 aliphatic rings. The van der Waals surface area contributed by atoms with Gasteiger partial charge in [0.2, 0.25) is 0 Å². The summed E-state index contributed by atoms with van der Waals surface area (Å²) in [7, 11) is 1.95. The minimum absolute atomic E-state index is 0.0845. The van der Waals surface area contributed by atoms with E-state index in [4.69, 9.17) is 13.9 Å². The van der Waals surface area contributed by atoms with E-state index >= 15 is 0 Å². The first-order valence-electron chi connectivity index (χ1n) is 12.6. The third-order valence-electron chi connectivity index (χ3n) is 6.84. The first-order valence-corrected chi connectivity index (χ1v) is 12.6. The van der Waals surface area contributed by atoms with Gasteiger partial charge in [0.25, 0.3) is 6.01 Å². The molecular weight excluding hydrogens is 509 g/mol. The lowest BCUT2D eigenvalue weighted by Gasteiger charge is -2.21. The lowest BCUT2D eigenvalue weighted by atomic mass is 10.1. The molecular formula is C29H25F3N4O3. The van der Waals surface area contributed by atoms with Crippen LogP contribution >= 0.6 is 0 Å². The number of rotatable bonds is 7. The van der Waals surface area contributed by atoms with E-state index in [0.717, 1.165) is 36.4 Å². The van der Waals surface area contributed by atoms with Gasteiger partial charge in [-0.25, -0.2) is 0 Å². The quantitative estimate of drug-likeness (QED) is 0.233. The van der Waals surface area contributed by atoms with E-state index in [1.54, 1.807) is 30.5 Å². The molecule has 0 unspecified atom stereocenters. The summed E-state index contributed by atoms with van der Waals surface area (Å²) in [6.45, 7) is 1.09. The van der Waals surface area contributed by atoms with Crippen LogP contribution in [0, 0.1) is 0 Å². The zero-order valence-corrected chi connectivity index (χ0v) is 21.0. The number of nitrogens with one attached hydrogen (secondary N) is 1. The molecule has 0 radical (unpaired) electrons. The Bertz CT molecular complexity index is 1630. The third-order valence-corrected chi connectivity index (χ3v) is 6.84. The fourth-order valence-electron chi connectivity index (χ4n) is 4.76. The fraction of sp³-hybridized carbons (Fsp3) is 0.241. The van der Waals surface area contributed by atoms with Gasteiger partial charge in [0.05, 0.1) is 11.1 Å². The lowest BCUT2D eigenvalue weighted by molar-refractivity contribution is -0.139. The summed E-state index contributed by atoms with van der Waals surface area (Å²) < 4.78 is 58.5. The molecule has 3 heterocycles. The van der Waals surface area contributed by atoms with Gasteiger partial charge in [-0.15, -0.1) is 0 Å². The number of hydrogen-bond acceptors (Lipinski definition) is 7. The van der Waals surface area contributed by atoms with Crippen LogP contribution in [-0.4, -0.2) is 41.1 Å². The number of hydrogen-bond donors (Lipinski definition) is 1. The van der Waals surface area contributed by atoms with Crippen LogP contribution in [-0.2, 0) is 6.18 Å². The van der Waals surface area contributed by atoms with Crippen molar-refractivity contribution in [1.29, 1.82) is 0 Å². The van der Waals surface area contributed by atoms with Gasteiger partial charge in [0, 0.05) is 35.4 Å². The summed E-state index contributed by atoms with van der Waals surface area (Å²) in [5, 5.41) is 3.84. The van der Waals surface area contributed by atoms with Crippen molar-refractivity contribution in [3.63, 3.8) is 0 Å². The van der Waals surface area contributed by atoms with Crippen LogP contribution in [0.5, 0.6) is 17.2 Å². The van der Waals surface area contributed by atoms with Crippen LogP contribution in [0.1, 0.15) is 18.4 Å². The van der Waals surface area contributed by atoms with Crippen molar-refractivity contribution >= 4 is 33.7 Å². The number of alkyl halides is 3. The Hall–Kier alpha value is -4.31. The summed E-state index contributed by atoms with van der Waals surface area (Å²) in [5.74, 6) is 0.979. The number of aromatic nitrogens is 2. The monoisotopic (exact) mass is 534 g/mol. The molecule has 0 bridgehead atoms. The zero-order valence-electron chi connectivity index (χ0n) is 21.0. The topological polar surface area (TPSA) is 72.7 Å². The Labute approximate surface area is 222 Å². The van der Waals surface area contributed by atoms with Gasteiger partial charge in [-0.1, -0.05) is 12.1 Å². The summed E-state index contributed by atoms with van der Waals surface area (Å²) in [6.07, 6.45) is -0.963. The molecule has 1 saturated heterocycles. The zero-order chi connectivity index (χ0) is 27.0.